The molecule has 0 N–H and O–H groups in total. The van der Waals surface area contributed by atoms with E-state index in [0.717, 1.165) is 6.07 Å². The fourth-order valence-corrected chi connectivity index (χ4v) is 0.972. The zero-order valence-corrected chi connectivity index (χ0v) is 6.90. The van der Waals surface area contributed by atoms with Gasteiger partial charge in [0.1, 0.15) is 18.1 Å². The minimum atomic E-state index is -3.65. The molecule has 0 saturated heterocycles. The second-order valence-electron chi connectivity index (χ2n) is 2.66. The molecule has 0 spiro atoms. The van der Waals surface area contributed by atoms with Crippen LogP contribution in [0.1, 0.15) is 12.0 Å². The smallest absolute Gasteiger partial charge is 0.207 e. The van der Waals surface area contributed by atoms with Gasteiger partial charge in [-0.1, -0.05) is 0 Å². The molecule has 14 heavy (non-hydrogen) atoms. The molecule has 0 heterocycles. The second-order valence-corrected chi connectivity index (χ2v) is 2.66. The van der Waals surface area contributed by atoms with Crippen molar-refractivity contribution in [2.24, 2.45) is 0 Å². The van der Waals surface area contributed by atoms with Crippen molar-refractivity contribution in [1.82, 2.24) is 0 Å². The Hall–Kier alpha value is -1.57. The van der Waals surface area contributed by atoms with E-state index in [4.69, 9.17) is 5.26 Å². The van der Waals surface area contributed by atoms with E-state index in [2.05, 4.69) is 0 Å². The normalized spacial score (nSPS) is 11.1. The highest BCUT2D eigenvalue weighted by Crippen LogP contribution is 2.33. The molecule has 1 aromatic rings. The van der Waals surface area contributed by atoms with E-state index in [9.17, 15) is 17.6 Å². The number of alkyl halides is 2. The van der Waals surface area contributed by atoms with Crippen LogP contribution in [0, 0.1) is 23.0 Å². The Morgan fingerprint density at radius 3 is 2.50 bits per heavy atom. The molecule has 0 aliphatic heterocycles. The average Bonchev–Trinajstić information content (AvgIpc) is 2.09. The van der Waals surface area contributed by atoms with Crippen LogP contribution in [0.4, 0.5) is 17.6 Å². The van der Waals surface area contributed by atoms with Crippen LogP contribution >= 0.6 is 0 Å². The molecular weight excluding hydrogens is 198 g/mol. The number of benzene rings is 1. The maximum absolute atomic E-state index is 13.0. The predicted molar refractivity (Wildman–Crippen MR) is 40.5 cm³/mol. The maximum Gasteiger partial charge on any atom is 0.288 e. The summed E-state index contributed by atoms with van der Waals surface area (Å²) in [6.07, 6.45) is -1.17. The third-order valence-electron chi connectivity index (χ3n) is 1.62. The highest BCUT2D eigenvalue weighted by Gasteiger charge is 2.34. The van der Waals surface area contributed by atoms with E-state index in [1.54, 1.807) is 0 Å². The van der Waals surface area contributed by atoms with Gasteiger partial charge in [-0.15, -0.1) is 0 Å². The standard InChI is InChI=1S/C9H5F4N/c10-6-1-2-8(11)7(5-6)9(12,13)3-4-14/h1-2,5H,3H2. The fraction of sp³-hybridized carbons (Fsp3) is 0.222. The summed E-state index contributed by atoms with van der Waals surface area (Å²) in [5.41, 5.74) is -1.08. The molecule has 1 rings (SSSR count). The molecule has 5 heteroatoms. The predicted octanol–water partition coefficient (Wildman–Crippen LogP) is 2.97. The van der Waals surface area contributed by atoms with Crippen molar-refractivity contribution >= 4 is 0 Å². The molecule has 74 valence electrons. The lowest BCUT2D eigenvalue weighted by Crippen LogP contribution is -2.14. The van der Waals surface area contributed by atoms with Crippen LogP contribution in [-0.2, 0) is 5.92 Å². The number of hydrogen-bond donors (Lipinski definition) is 0. The molecule has 0 radical (unpaired) electrons. The van der Waals surface area contributed by atoms with Crippen LogP contribution in [0.3, 0.4) is 0 Å². The third kappa shape index (κ3) is 2.02. The van der Waals surface area contributed by atoms with Crippen LogP contribution in [0.5, 0.6) is 0 Å². The molecule has 0 bridgehead atoms. The van der Waals surface area contributed by atoms with Crippen molar-refractivity contribution in [1.29, 1.82) is 5.26 Å². The zero-order valence-electron chi connectivity index (χ0n) is 6.90. The average molecular weight is 203 g/mol. The number of nitriles is 1. The van der Waals surface area contributed by atoms with Crippen molar-refractivity contribution in [3.05, 3.63) is 35.4 Å². The van der Waals surface area contributed by atoms with Crippen LogP contribution in [0.15, 0.2) is 18.2 Å². The summed E-state index contributed by atoms with van der Waals surface area (Å²) in [7, 11) is 0. The van der Waals surface area contributed by atoms with Crippen LogP contribution in [0.2, 0.25) is 0 Å². The summed E-state index contributed by atoms with van der Waals surface area (Å²) in [4.78, 5) is 0. The van der Waals surface area contributed by atoms with Gasteiger partial charge in [0.25, 0.3) is 5.92 Å². The van der Waals surface area contributed by atoms with E-state index in [-0.39, 0.29) is 0 Å². The summed E-state index contributed by atoms with van der Waals surface area (Å²) < 4.78 is 51.3. The first-order valence-electron chi connectivity index (χ1n) is 3.67. The van der Waals surface area contributed by atoms with Crippen LogP contribution in [0.25, 0.3) is 0 Å². The monoisotopic (exact) mass is 203 g/mol. The van der Waals surface area contributed by atoms with Crippen molar-refractivity contribution in [2.45, 2.75) is 12.3 Å². The Kier molecular flexibility index (Phi) is 2.75. The summed E-state index contributed by atoms with van der Waals surface area (Å²) in [5, 5.41) is 8.08. The van der Waals surface area contributed by atoms with Gasteiger partial charge in [0, 0.05) is 0 Å². The Bertz CT molecular complexity index is 381. The van der Waals surface area contributed by atoms with Gasteiger partial charge < -0.3 is 0 Å². The van der Waals surface area contributed by atoms with Gasteiger partial charge in [-0.3, -0.25) is 0 Å². The van der Waals surface area contributed by atoms with Gasteiger partial charge in [-0.2, -0.15) is 5.26 Å². The fourth-order valence-electron chi connectivity index (χ4n) is 0.972. The molecule has 0 aromatic heterocycles. The zero-order chi connectivity index (χ0) is 10.8. The summed E-state index contributed by atoms with van der Waals surface area (Å²) in [6.45, 7) is 0. The largest absolute Gasteiger partial charge is 0.288 e. The quantitative estimate of drug-likeness (QED) is 0.678. The van der Waals surface area contributed by atoms with E-state index >= 15 is 0 Å². The molecule has 0 aliphatic rings. The molecule has 0 fully saturated rings. The Morgan fingerprint density at radius 1 is 1.29 bits per heavy atom. The van der Waals surface area contributed by atoms with Gasteiger partial charge in [0.15, 0.2) is 0 Å². The van der Waals surface area contributed by atoms with Crippen molar-refractivity contribution in [3.63, 3.8) is 0 Å². The van der Waals surface area contributed by atoms with E-state index in [1.807, 2.05) is 0 Å². The van der Waals surface area contributed by atoms with Crippen molar-refractivity contribution < 1.29 is 17.6 Å². The first kappa shape index (κ1) is 10.5. The van der Waals surface area contributed by atoms with Crippen molar-refractivity contribution in [2.75, 3.05) is 0 Å². The first-order chi connectivity index (χ1) is 6.47. The number of nitrogens with zero attached hydrogens (tertiary/aromatic N) is 1. The minimum absolute atomic E-state index is 0.396. The lowest BCUT2D eigenvalue weighted by Gasteiger charge is -2.13. The molecular formula is C9H5F4N. The Morgan fingerprint density at radius 2 is 1.93 bits per heavy atom. The highest BCUT2D eigenvalue weighted by molar-refractivity contribution is 5.24. The molecule has 0 atom stereocenters. The number of rotatable bonds is 2. The summed E-state index contributed by atoms with van der Waals surface area (Å²) in [6, 6.07) is 2.95. The Labute approximate surface area is 77.6 Å². The van der Waals surface area contributed by atoms with Gasteiger partial charge in [-0.25, -0.2) is 17.6 Å². The maximum atomic E-state index is 13.0. The molecule has 1 nitrogen and oxygen atoms in total. The Balaban J connectivity index is 3.18. The van der Waals surface area contributed by atoms with Crippen LogP contribution in [-0.4, -0.2) is 0 Å². The van der Waals surface area contributed by atoms with Gasteiger partial charge in [-0.05, 0) is 18.2 Å². The highest BCUT2D eigenvalue weighted by atomic mass is 19.3. The molecule has 1 aromatic carbocycles. The van der Waals surface area contributed by atoms with Gasteiger partial charge in [0.05, 0.1) is 11.6 Å². The van der Waals surface area contributed by atoms with Gasteiger partial charge >= 0.3 is 0 Å². The third-order valence-corrected chi connectivity index (χ3v) is 1.62. The van der Waals surface area contributed by atoms with E-state index in [1.165, 1.54) is 6.07 Å². The SMILES string of the molecule is N#CCC(F)(F)c1cc(F)ccc1F. The molecule has 0 amide bonds. The van der Waals surface area contributed by atoms with E-state index in [0.29, 0.717) is 12.1 Å². The van der Waals surface area contributed by atoms with Crippen molar-refractivity contribution in [3.8, 4) is 6.07 Å². The minimum Gasteiger partial charge on any atom is -0.207 e. The summed E-state index contributed by atoms with van der Waals surface area (Å²) >= 11 is 0. The molecule has 0 saturated carbocycles. The topological polar surface area (TPSA) is 23.8 Å². The van der Waals surface area contributed by atoms with E-state index < -0.39 is 29.5 Å². The number of hydrogen-bond acceptors (Lipinski definition) is 1. The second kappa shape index (κ2) is 3.66. The van der Waals surface area contributed by atoms with Gasteiger partial charge in [0.2, 0.25) is 0 Å². The first-order valence-corrected chi connectivity index (χ1v) is 3.67. The lowest BCUT2D eigenvalue weighted by atomic mass is 10.1. The summed E-state index contributed by atoms with van der Waals surface area (Å²) in [5.74, 6) is -5.83. The lowest BCUT2D eigenvalue weighted by molar-refractivity contribution is -0.00291. The molecule has 0 aliphatic carbocycles. The molecule has 0 unspecified atom stereocenters. The van der Waals surface area contributed by atoms with Crippen LogP contribution < -0.4 is 0 Å². The number of halogens is 4.